The van der Waals surface area contributed by atoms with Gasteiger partial charge in [-0.15, -0.1) is 0 Å². The maximum atomic E-state index is 12.5. The van der Waals surface area contributed by atoms with Crippen LogP contribution in [0.5, 0.6) is 5.75 Å². The van der Waals surface area contributed by atoms with E-state index in [2.05, 4.69) is 27.7 Å². The lowest BCUT2D eigenvalue weighted by Gasteiger charge is -2.34. The Balaban J connectivity index is 1.66. The summed E-state index contributed by atoms with van der Waals surface area (Å²) >= 11 is 0. The highest BCUT2D eigenvalue weighted by Gasteiger charge is 2.23. The molecule has 2 rings (SSSR count). The predicted octanol–water partition coefficient (Wildman–Crippen LogP) is 1.87. The number of urea groups is 1. The summed E-state index contributed by atoms with van der Waals surface area (Å²) in [5.74, 6) is 0.916. The number of nitrogens with zero attached hydrogens (tertiary/aromatic N) is 2. The summed E-state index contributed by atoms with van der Waals surface area (Å²) in [5, 5.41) is 5.98. The molecule has 156 valence electrons. The van der Waals surface area contributed by atoms with Crippen molar-refractivity contribution >= 4 is 11.9 Å². The molecule has 3 amide bonds. The number of hydrogen-bond donors (Lipinski definition) is 2. The summed E-state index contributed by atoms with van der Waals surface area (Å²) in [7, 11) is 1.66. The predicted molar refractivity (Wildman–Crippen MR) is 111 cm³/mol. The van der Waals surface area contributed by atoms with Crippen molar-refractivity contribution in [2.75, 3.05) is 46.4 Å². The van der Waals surface area contributed by atoms with Crippen LogP contribution in [-0.4, -0.2) is 74.2 Å². The highest BCUT2D eigenvalue weighted by molar-refractivity contribution is 5.78. The molecule has 0 aliphatic carbocycles. The molecule has 0 radical (unpaired) electrons. The molecular formula is C21H34N4O3. The van der Waals surface area contributed by atoms with Crippen LogP contribution in [0, 0.1) is 0 Å². The van der Waals surface area contributed by atoms with Crippen molar-refractivity contribution in [3.05, 3.63) is 29.8 Å². The molecule has 1 aromatic carbocycles. The Morgan fingerprint density at radius 3 is 2.43 bits per heavy atom. The molecule has 1 atom stereocenters. The lowest BCUT2D eigenvalue weighted by atomic mass is 10.1. The molecule has 0 spiro atoms. The van der Waals surface area contributed by atoms with Gasteiger partial charge < -0.3 is 20.3 Å². The topological polar surface area (TPSA) is 73.9 Å². The second kappa shape index (κ2) is 11.5. The summed E-state index contributed by atoms with van der Waals surface area (Å²) in [5.41, 5.74) is 1.23. The van der Waals surface area contributed by atoms with Gasteiger partial charge in [0, 0.05) is 38.8 Å². The van der Waals surface area contributed by atoms with E-state index in [1.54, 1.807) is 7.11 Å². The van der Waals surface area contributed by atoms with Crippen molar-refractivity contribution in [3.63, 3.8) is 0 Å². The van der Waals surface area contributed by atoms with E-state index in [9.17, 15) is 9.59 Å². The number of benzene rings is 1. The average molecular weight is 391 g/mol. The van der Waals surface area contributed by atoms with Gasteiger partial charge in [0.1, 0.15) is 5.75 Å². The Kier molecular flexibility index (Phi) is 9.07. The summed E-state index contributed by atoms with van der Waals surface area (Å²) < 4.78 is 5.17. The van der Waals surface area contributed by atoms with Crippen LogP contribution in [0.4, 0.5) is 4.79 Å². The molecule has 1 aliphatic heterocycles. The molecular weight excluding hydrogens is 356 g/mol. The van der Waals surface area contributed by atoms with Gasteiger partial charge in [-0.1, -0.05) is 19.1 Å². The van der Waals surface area contributed by atoms with E-state index in [1.165, 1.54) is 5.56 Å². The van der Waals surface area contributed by atoms with E-state index in [0.717, 1.165) is 44.6 Å². The summed E-state index contributed by atoms with van der Waals surface area (Å²) in [6, 6.07) is 8.12. The van der Waals surface area contributed by atoms with Crippen LogP contribution in [0.15, 0.2) is 24.3 Å². The second-order valence-corrected chi connectivity index (χ2v) is 7.35. The number of amides is 3. The van der Waals surface area contributed by atoms with Gasteiger partial charge in [-0.05, 0) is 43.9 Å². The van der Waals surface area contributed by atoms with Crippen molar-refractivity contribution in [1.29, 1.82) is 0 Å². The van der Waals surface area contributed by atoms with Gasteiger partial charge in [0.2, 0.25) is 5.91 Å². The van der Waals surface area contributed by atoms with Gasteiger partial charge >= 0.3 is 6.03 Å². The van der Waals surface area contributed by atoms with Crippen LogP contribution in [-0.2, 0) is 11.2 Å². The molecule has 2 N–H and O–H groups in total. The quantitative estimate of drug-likeness (QED) is 0.675. The first-order valence-electron chi connectivity index (χ1n) is 10.2. The number of piperazine rings is 1. The van der Waals surface area contributed by atoms with Gasteiger partial charge in [-0.3, -0.25) is 9.69 Å². The maximum absolute atomic E-state index is 12.5. The first kappa shape index (κ1) is 22.0. The third-order valence-electron chi connectivity index (χ3n) is 4.99. The number of rotatable bonds is 9. The first-order valence-corrected chi connectivity index (χ1v) is 10.2. The van der Waals surface area contributed by atoms with E-state index >= 15 is 0 Å². The van der Waals surface area contributed by atoms with Crippen LogP contribution >= 0.6 is 0 Å². The second-order valence-electron chi connectivity index (χ2n) is 7.35. The fraction of sp³-hybridized carbons (Fsp3) is 0.619. The van der Waals surface area contributed by atoms with Gasteiger partial charge in [0.05, 0.1) is 13.7 Å². The zero-order valence-electron chi connectivity index (χ0n) is 17.4. The van der Waals surface area contributed by atoms with Crippen molar-refractivity contribution in [2.24, 2.45) is 0 Å². The summed E-state index contributed by atoms with van der Waals surface area (Å²) in [6.45, 7) is 7.96. The number of nitrogens with one attached hydrogen (secondary N) is 2. The van der Waals surface area contributed by atoms with E-state index < -0.39 is 0 Å². The highest BCUT2D eigenvalue weighted by Crippen LogP contribution is 2.13. The molecule has 1 aromatic rings. The monoisotopic (exact) mass is 390 g/mol. The maximum Gasteiger partial charge on any atom is 0.317 e. The van der Waals surface area contributed by atoms with Gasteiger partial charge in [-0.2, -0.15) is 0 Å². The average Bonchev–Trinajstić information content (AvgIpc) is 2.71. The molecule has 1 unspecified atom stereocenters. The minimum atomic E-state index is -0.0164. The van der Waals surface area contributed by atoms with Gasteiger partial charge in [0.25, 0.3) is 0 Å². The lowest BCUT2D eigenvalue weighted by molar-refractivity contribution is -0.122. The largest absolute Gasteiger partial charge is 0.497 e. The van der Waals surface area contributed by atoms with Crippen LogP contribution < -0.4 is 15.4 Å². The summed E-state index contributed by atoms with van der Waals surface area (Å²) in [4.78, 5) is 28.2. The third-order valence-corrected chi connectivity index (χ3v) is 4.99. The zero-order chi connectivity index (χ0) is 20.4. The number of methoxy groups -OCH3 is 1. The van der Waals surface area contributed by atoms with E-state index in [-0.39, 0.29) is 18.0 Å². The molecule has 1 saturated heterocycles. The smallest absolute Gasteiger partial charge is 0.317 e. The van der Waals surface area contributed by atoms with Gasteiger partial charge in [0.15, 0.2) is 0 Å². The molecule has 0 bridgehead atoms. The molecule has 0 aromatic heterocycles. The van der Waals surface area contributed by atoms with Crippen molar-refractivity contribution < 1.29 is 14.3 Å². The fourth-order valence-electron chi connectivity index (χ4n) is 3.18. The molecule has 7 heteroatoms. The Morgan fingerprint density at radius 2 is 1.82 bits per heavy atom. The van der Waals surface area contributed by atoms with Crippen LogP contribution in [0.2, 0.25) is 0 Å². The van der Waals surface area contributed by atoms with Crippen LogP contribution in [0.25, 0.3) is 0 Å². The van der Waals surface area contributed by atoms with Crippen molar-refractivity contribution in [2.45, 2.75) is 39.2 Å². The van der Waals surface area contributed by atoms with Crippen molar-refractivity contribution in [1.82, 2.24) is 20.4 Å². The molecule has 7 nitrogen and oxygen atoms in total. The summed E-state index contributed by atoms with van der Waals surface area (Å²) in [6.07, 6.45) is 2.73. The van der Waals surface area contributed by atoms with Gasteiger partial charge in [-0.25, -0.2) is 4.79 Å². The van der Waals surface area contributed by atoms with E-state index in [1.807, 2.05) is 30.9 Å². The van der Waals surface area contributed by atoms with E-state index in [0.29, 0.717) is 19.6 Å². The third kappa shape index (κ3) is 7.38. The molecule has 1 heterocycles. The Bertz CT molecular complexity index is 613. The normalized spacial score (nSPS) is 15.8. The minimum absolute atomic E-state index is 0.0164. The number of aryl methyl sites for hydroxylation is 1. The first-order chi connectivity index (χ1) is 13.5. The van der Waals surface area contributed by atoms with Crippen molar-refractivity contribution in [3.8, 4) is 5.75 Å². The number of carbonyl (C=O) groups excluding carboxylic acids is 2. The Morgan fingerprint density at radius 1 is 1.14 bits per heavy atom. The SMILES string of the molecule is CCCNC(=O)CN1CCN(C(=O)NC(C)CCc2ccc(OC)cc2)CC1. The number of hydrogen-bond acceptors (Lipinski definition) is 4. The zero-order valence-corrected chi connectivity index (χ0v) is 17.4. The molecule has 1 aliphatic rings. The number of carbonyl (C=O) groups is 2. The fourth-order valence-corrected chi connectivity index (χ4v) is 3.18. The van der Waals surface area contributed by atoms with Crippen LogP contribution in [0.1, 0.15) is 32.3 Å². The minimum Gasteiger partial charge on any atom is -0.497 e. The lowest BCUT2D eigenvalue weighted by Crippen LogP contribution is -2.54. The van der Waals surface area contributed by atoms with E-state index in [4.69, 9.17) is 4.74 Å². The standard InChI is InChI=1S/C21H34N4O3/c1-4-11-22-20(26)16-24-12-14-25(15-13-24)21(27)23-17(2)5-6-18-7-9-19(28-3)10-8-18/h7-10,17H,4-6,11-16H2,1-3H3,(H,22,26)(H,23,27). The molecule has 0 saturated carbocycles. The van der Waals surface area contributed by atoms with Crippen LogP contribution in [0.3, 0.4) is 0 Å². The Hall–Kier alpha value is -2.28. The number of ether oxygens (including phenoxy) is 1. The Labute approximate surface area is 168 Å². The highest BCUT2D eigenvalue weighted by atomic mass is 16.5. The molecule has 28 heavy (non-hydrogen) atoms. The molecule has 1 fully saturated rings.